The maximum atomic E-state index is 13.8. The molecule has 0 N–H and O–H groups in total. The number of benzene rings is 2. The van der Waals surface area contributed by atoms with E-state index < -0.39 is 0 Å². The van der Waals surface area contributed by atoms with E-state index in [-0.39, 0.29) is 42.1 Å². The number of fused-ring (bicyclic) bond motifs is 1. The Morgan fingerprint density at radius 2 is 1.86 bits per heavy atom. The number of ether oxygens (including phenoxy) is 1. The normalized spacial score (nSPS) is 23.2. The molecule has 0 bridgehead atoms. The van der Waals surface area contributed by atoms with Crippen molar-refractivity contribution in [2.75, 3.05) is 26.2 Å². The predicted octanol–water partition coefficient (Wildman–Crippen LogP) is 3.19. The minimum Gasteiger partial charge on any atom is -0.484 e. The molecule has 0 unspecified atom stereocenters. The highest BCUT2D eigenvalue weighted by molar-refractivity contribution is 5.78. The Hall–Kier alpha value is -2.89. The van der Waals surface area contributed by atoms with Crippen molar-refractivity contribution in [2.45, 2.75) is 19.9 Å². The van der Waals surface area contributed by atoms with Crippen LogP contribution >= 0.6 is 0 Å². The predicted molar refractivity (Wildman–Crippen MR) is 107 cm³/mol. The molecule has 6 heteroatoms. The smallest absolute Gasteiger partial charge is 0.260 e. The van der Waals surface area contributed by atoms with Gasteiger partial charge < -0.3 is 14.5 Å². The molecule has 2 aliphatic rings. The van der Waals surface area contributed by atoms with Crippen molar-refractivity contribution < 1.29 is 18.7 Å². The molecule has 3 atom stereocenters. The third-order valence-corrected chi connectivity index (χ3v) is 5.99. The zero-order valence-corrected chi connectivity index (χ0v) is 16.7. The van der Waals surface area contributed by atoms with E-state index in [0.29, 0.717) is 25.4 Å². The van der Waals surface area contributed by atoms with Gasteiger partial charge in [-0.15, -0.1) is 0 Å². The zero-order valence-electron chi connectivity index (χ0n) is 16.7. The van der Waals surface area contributed by atoms with Crippen LogP contribution in [0.4, 0.5) is 4.39 Å². The van der Waals surface area contributed by atoms with E-state index in [1.807, 2.05) is 47.1 Å². The molecule has 0 aliphatic carbocycles. The van der Waals surface area contributed by atoms with Crippen LogP contribution in [0, 0.1) is 24.6 Å². The molecule has 4 rings (SSSR count). The van der Waals surface area contributed by atoms with Gasteiger partial charge in [-0.3, -0.25) is 9.59 Å². The van der Waals surface area contributed by atoms with Crippen LogP contribution in [-0.4, -0.2) is 47.9 Å². The average Bonchev–Trinajstić information content (AvgIpc) is 3.25. The first-order chi connectivity index (χ1) is 13.9. The molecule has 0 radical (unpaired) electrons. The van der Waals surface area contributed by atoms with Crippen LogP contribution in [0.5, 0.6) is 5.75 Å². The molecule has 5 nitrogen and oxygen atoms in total. The summed E-state index contributed by atoms with van der Waals surface area (Å²) in [5, 5.41) is 0. The molecular weight excluding hydrogens is 371 g/mol. The second kappa shape index (κ2) is 7.85. The van der Waals surface area contributed by atoms with Gasteiger partial charge in [0, 0.05) is 38.4 Å². The lowest BCUT2D eigenvalue weighted by atomic mass is 9.89. The van der Waals surface area contributed by atoms with Crippen LogP contribution < -0.4 is 4.74 Å². The summed E-state index contributed by atoms with van der Waals surface area (Å²) in [5.74, 6) is 0.566. The second-order valence-electron chi connectivity index (χ2n) is 8.00. The van der Waals surface area contributed by atoms with E-state index in [1.165, 1.54) is 12.1 Å². The first-order valence-electron chi connectivity index (χ1n) is 9.92. The van der Waals surface area contributed by atoms with Crippen molar-refractivity contribution in [1.82, 2.24) is 9.80 Å². The molecule has 2 aromatic rings. The lowest BCUT2D eigenvalue weighted by molar-refractivity contribution is -0.133. The lowest BCUT2D eigenvalue weighted by Crippen LogP contribution is -2.38. The van der Waals surface area contributed by atoms with E-state index in [1.54, 1.807) is 13.0 Å². The molecule has 2 amide bonds. The third kappa shape index (κ3) is 3.97. The van der Waals surface area contributed by atoms with Gasteiger partial charge >= 0.3 is 0 Å². The Kier molecular flexibility index (Phi) is 5.26. The molecule has 2 aromatic carbocycles. The molecule has 2 saturated heterocycles. The fourth-order valence-corrected chi connectivity index (χ4v) is 4.56. The summed E-state index contributed by atoms with van der Waals surface area (Å²) < 4.78 is 19.4. The van der Waals surface area contributed by atoms with E-state index >= 15 is 0 Å². The van der Waals surface area contributed by atoms with Gasteiger partial charge in [-0.1, -0.05) is 29.8 Å². The molecule has 0 aromatic heterocycles. The van der Waals surface area contributed by atoms with Crippen molar-refractivity contribution in [3.05, 3.63) is 65.5 Å². The molecular formula is C23H25FN2O3. The van der Waals surface area contributed by atoms with Crippen LogP contribution in [0.2, 0.25) is 0 Å². The maximum Gasteiger partial charge on any atom is 0.260 e. The Morgan fingerprint density at radius 3 is 2.55 bits per heavy atom. The Labute approximate surface area is 170 Å². The summed E-state index contributed by atoms with van der Waals surface area (Å²) in [4.78, 5) is 28.5. The van der Waals surface area contributed by atoms with Crippen LogP contribution in [-0.2, 0) is 9.59 Å². The van der Waals surface area contributed by atoms with Crippen molar-refractivity contribution in [1.29, 1.82) is 0 Å². The summed E-state index contributed by atoms with van der Waals surface area (Å²) in [6.45, 7) is 5.26. The van der Waals surface area contributed by atoms with Gasteiger partial charge in [-0.2, -0.15) is 0 Å². The summed E-state index contributed by atoms with van der Waals surface area (Å²) in [5.41, 5.74) is 1.92. The van der Waals surface area contributed by atoms with Crippen molar-refractivity contribution in [3.8, 4) is 5.75 Å². The number of hydrogen-bond donors (Lipinski definition) is 0. The summed E-state index contributed by atoms with van der Waals surface area (Å²) >= 11 is 0. The van der Waals surface area contributed by atoms with Gasteiger partial charge in [0.15, 0.2) is 6.61 Å². The Morgan fingerprint density at radius 1 is 1.10 bits per heavy atom. The third-order valence-electron chi connectivity index (χ3n) is 5.99. The van der Waals surface area contributed by atoms with Crippen molar-refractivity contribution in [3.63, 3.8) is 0 Å². The highest BCUT2D eigenvalue weighted by atomic mass is 19.1. The number of aryl methyl sites for hydroxylation is 1. The highest BCUT2D eigenvalue weighted by Crippen LogP contribution is 2.45. The number of rotatable bonds is 4. The van der Waals surface area contributed by atoms with E-state index in [2.05, 4.69) is 0 Å². The molecule has 2 heterocycles. The van der Waals surface area contributed by atoms with Gasteiger partial charge in [0.1, 0.15) is 11.6 Å². The number of nitrogens with zero attached hydrogens (tertiary/aromatic N) is 2. The van der Waals surface area contributed by atoms with Crippen molar-refractivity contribution >= 4 is 11.8 Å². The average molecular weight is 396 g/mol. The molecule has 2 fully saturated rings. The Balaban J connectivity index is 1.45. The number of hydrogen-bond acceptors (Lipinski definition) is 3. The number of halogens is 1. The van der Waals surface area contributed by atoms with Crippen LogP contribution in [0.25, 0.3) is 0 Å². The van der Waals surface area contributed by atoms with Gasteiger partial charge in [0.2, 0.25) is 5.91 Å². The van der Waals surface area contributed by atoms with Crippen LogP contribution in [0.1, 0.15) is 24.1 Å². The number of carbonyl (C=O) groups excluding carboxylic acids is 2. The van der Waals surface area contributed by atoms with E-state index in [9.17, 15) is 14.0 Å². The van der Waals surface area contributed by atoms with Gasteiger partial charge in [0.05, 0.1) is 6.04 Å². The fraction of sp³-hybridized carbons (Fsp3) is 0.391. The minimum absolute atomic E-state index is 0.0104. The second-order valence-corrected chi connectivity index (χ2v) is 8.00. The van der Waals surface area contributed by atoms with Crippen molar-refractivity contribution in [2.24, 2.45) is 11.8 Å². The minimum atomic E-state index is -0.313. The molecule has 152 valence electrons. The first-order valence-corrected chi connectivity index (χ1v) is 9.92. The summed E-state index contributed by atoms with van der Waals surface area (Å²) in [6.07, 6.45) is 0. The number of carbonyl (C=O) groups is 2. The molecule has 0 saturated carbocycles. The number of likely N-dealkylation sites (tertiary alicyclic amines) is 2. The van der Waals surface area contributed by atoms with E-state index in [0.717, 1.165) is 11.1 Å². The monoisotopic (exact) mass is 396 g/mol. The lowest BCUT2D eigenvalue weighted by Gasteiger charge is -2.29. The standard InChI is InChI=1S/C23H25FN2O3/c1-15-6-8-20(9-7-15)29-14-22(28)25-11-18-12-26(16(2)27)23(21(18)13-25)17-4-3-5-19(24)10-17/h3-10,18,21,23H,11-14H2,1-2H3/t18-,21-,23-/m1/s1. The first kappa shape index (κ1) is 19.4. The largest absolute Gasteiger partial charge is 0.484 e. The zero-order chi connectivity index (χ0) is 20.5. The fourth-order valence-electron chi connectivity index (χ4n) is 4.56. The SMILES string of the molecule is CC(=O)N1C[C@H]2CN(C(=O)COc3ccc(C)cc3)C[C@H]2[C@H]1c1cccc(F)c1. The molecule has 29 heavy (non-hydrogen) atoms. The van der Waals surface area contributed by atoms with E-state index in [4.69, 9.17) is 4.74 Å². The van der Waals surface area contributed by atoms with Gasteiger partial charge in [-0.25, -0.2) is 4.39 Å². The summed E-state index contributed by atoms with van der Waals surface area (Å²) in [7, 11) is 0. The molecule has 2 aliphatic heterocycles. The number of amides is 2. The quantitative estimate of drug-likeness (QED) is 0.798. The van der Waals surface area contributed by atoms with Gasteiger partial charge in [-0.05, 0) is 36.8 Å². The van der Waals surface area contributed by atoms with Gasteiger partial charge in [0.25, 0.3) is 5.91 Å². The Bertz CT molecular complexity index is 915. The summed E-state index contributed by atoms with van der Waals surface area (Å²) in [6, 6.07) is 13.8. The maximum absolute atomic E-state index is 13.8. The van der Waals surface area contributed by atoms with Crippen LogP contribution in [0.15, 0.2) is 48.5 Å². The molecule has 0 spiro atoms. The highest BCUT2D eigenvalue weighted by Gasteiger charge is 2.49. The topological polar surface area (TPSA) is 49.9 Å². The van der Waals surface area contributed by atoms with Crippen LogP contribution in [0.3, 0.4) is 0 Å².